The molecule has 0 amide bonds. The van der Waals surface area contributed by atoms with E-state index in [0.29, 0.717) is 17.5 Å². The summed E-state index contributed by atoms with van der Waals surface area (Å²) >= 11 is 0. The van der Waals surface area contributed by atoms with Crippen LogP contribution in [0.1, 0.15) is 27.0 Å². The van der Waals surface area contributed by atoms with Crippen molar-refractivity contribution >= 4 is 6.29 Å². The summed E-state index contributed by atoms with van der Waals surface area (Å²) in [5, 5.41) is 0. The molecule has 98 valence electrons. The molecular formula is C15H11F3O. The molecule has 0 heterocycles. The maximum atomic E-state index is 12.6. The van der Waals surface area contributed by atoms with Gasteiger partial charge >= 0.3 is 6.18 Å². The summed E-state index contributed by atoms with van der Waals surface area (Å²) in [5.41, 5.74) is 1.36. The highest BCUT2D eigenvalue weighted by Crippen LogP contribution is 2.29. The monoisotopic (exact) mass is 264 g/mol. The fourth-order valence-corrected chi connectivity index (χ4v) is 1.81. The van der Waals surface area contributed by atoms with E-state index in [1.807, 2.05) is 0 Å². The molecule has 2 aromatic carbocycles. The van der Waals surface area contributed by atoms with E-state index in [1.54, 1.807) is 30.3 Å². The first-order valence-corrected chi connectivity index (χ1v) is 5.69. The number of halogens is 3. The molecule has 19 heavy (non-hydrogen) atoms. The number of alkyl halides is 3. The first-order chi connectivity index (χ1) is 8.99. The predicted octanol–water partition coefficient (Wildman–Crippen LogP) is 4.11. The molecule has 1 nitrogen and oxygen atoms in total. The van der Waals surface area contributed by atoms with Crippen LogP contribution in [0.2, 0.25) is 0 Å². The average Bonchev–Trinajstić information content (AvgIpc) is 2.39. The summed E-state index contributed by atoms with van der Waals surface area (Å²) in [6.07, 6.45) is -3.19. The first kappa shape index (κ1) is 13.3. The highest BCUT2D eigenvalue weighted by Gasteiger charge is 2.30. The Hall–Kier alpha value is -2.10. The number of rotatable bonds is 3. The summed E-state index contributed by atoms with van der Waals surface area (Å²) in [7, 11) is 0. The molecule has 0 fully saturated rings. The minimum Gasteiger partial charge on any atom is -0.298 e. The van der Waals surface area contributed by atoms with Crippen LogP contribution in [0.4, 0.5) is 13.2 Å². The molecular weight excluding hydrogens is 253 g/mol. The number of aldehydes is 1. The Morgan fingerprint density at radius 2 is 1.63 bits per heavy atom. The number of carbonyl (C=O) groups excluding carboxylic acids is 1. The van der Waals surface area contributed by atoms with Crippen molar-refractivity contribution in [2.45, 2.75) is 12.6 Å². The molecule has 0 saturated heterocycles. The van der Waals surface area contributed by atoms with Gasteiger partial charge in [0.2, 0.25) is 0 Å². The predicted molar refractivity (Wildman–Crippen MR) is 66.1 cm³/mol. The Morgan fingerprint density at radius 1 is 0.947 bits per heavy atom. The van der Waals surface area contributed by atoms with Crippen molar-refractivity contribution in [1.82, 2.24) is 0 Å². The summed E-state index contributed by atoms with van der Waals surface area (Å²) in [4.78, 5) is 10.5. The topological polar surface area (TPSA) is 17.1 Å². The summed E-state index contributed by atoms with van der Waals surface area (Å²) in [6.45, 7) is 0. The second-order valence-corrected chi connectivity index (χ2v) is 4.23. The Bertz CT molecular complexity index is 571. The molecule has 0 N–H and O–H groups in total. The average molecular weight is 264 g/mol. The normalized spacial score (nSPS) is 11.3. The van der Waals surface area contributed by atoms with Crippen LogP contribution >= 0.6 is 0 Å². The van der Waals surface area contributed by atoms with Gasteiger partial charge < -0.3 is 0 Å². The molecule has 0 saturated carbocycles. The fraction of sp³-hybridized carbons (Fsp3) is 0.133. The van der Waals surface area contributed by atoms with E-state index in [9.17, 15) is 18.0 Å². The first-order valence-electron chi connectivity index (χ1n) is 5.69. The molecule has 0 bridgehead atoms. The molecule has 0 aliphatic carbocycles. The minimum atomic E-state index is -4.32. The molecule has 0 atom stereocenters. The molecule has 0 aromatic heterocycles. The second kappa shape index (κ2) is 5.26. The van der Waals surface area contributed by atoms with Gasteiger partial charge in [0.05, 0.1) is 5.56 Å². The van der Waals surface area contributed by atoms with Crippen molar-refractivity contribution in [3.8, 4) is 0 Å². The molecule has 0 unspecified atom stereocenters. The quantitative estimate of drug-likeness (QED) is 0.762. The van der Waals surface area contributed by atoms with Gasteiger partial charge in [0.1, 0.15) is 6.29 Å². The lowest BCUT2D eigenvalue weighted by Gasteiger charge is -2.08. The van der Waals surface area contributed by atoms with E-state index in [0.717, 1.165) is 24.0 Å². The molecule has 2 rings (SSSR count). The van der Waals surface area contributed by atoms with Gasteiger partial charge in [0.15, 0.2) is 0 Å². The van der Waals surface area contributed by atoms with Crippen LogP contribution in [-0.4, -0.2) is 6.29 Å². The third kappa shape index (κ3) is 3.44. The zero-order chi connectivity index (χ0) is 13.9. The third-order valence-electron chi connectivity index (χ3n) is 2.78. The SMILES string of the molecule is O=Cc1ccc(Cc2cccc(C(F)(F)F)c2)cc1. The molecule has 0 radical (unpaired) electrons. The second-order valence-electron chi connectivity index (χ2n) is 4.23. The lowest BCUT2D eigenvalue weighted by molar-refractivity contribution is -0.137. The van der Waals surface area contributed by atoms with Crippen LogP contribution in [0.15, 0.2) is 48.5 Å². The smallest absolute Gasteiger partial charge is 0.298 e. The van der Waals surface area contributed by atoms with E-state index in [4.69, 9.17) is 0 Å². The van der Waals surface area contributed by atoms with Crippen LogP contribution in [0.25, 0.3) is 0 Å². The van der Waals surface area contributed by atoms with Gasteiger partial charge in [-0.3, -0.25) is 4.79 Å². The van der Waals surface area contributed by atoms with Crippen molar-refractivity contribution in [3.63, 3.8) is 0 Å². The van der Waals surface area contributed by atoms with Gasteiger partial charge in [-0.25, -0.2) is 0 Å². The van der Waals surface area contributed by atoms with E-state index < -0.39 is 11.7 Å². The molecule has 0 spiro atoms. The standard InChI is InChI=1S/C15H11F3O/c16-15(17,18)14-3-1-2-13(9-14)8-11-4-6-12(10-19)7-5-11/h1-7,9-10H,8H2. The largest absolute Gasteiger partial charge is 0.416 e. The van der Waals surface area contributed by atoms with E-state index in [1.165, 1.54) is 6.07 Å². The van der Waals surface area contributed by atoms with E-state index in [2.05, 4.69) is 0 Å². The maximum absolute atomic E-state index is 12.6. The van der Waals surface area contributed by atoms with Gasteiger partial charge in [-0.1, -0.05) is 42.5 Å². The summed E-state index contributed by atoms with van der Waals surface area (Å²) < 4.78 is 37.7. The van der Waals surface area contributed by atoms with Gasteiger partial charge in [-0.05, 0) is 23.6 Å². The lowest BCUT2D eigenvalue weighted by Crippen LogP contribution is -2.05. The van der Waals surface area contributed by atoms with Crippen molar-refractivity contribution in [3.05, 3.63) is 70.8 Å². The van der Waals surface area contributed by atoms with Crippen molar-refractivity contribution < 1.29 is 18.0 Å². The van der Waals surface area contributed by atoms with Crippen LogP contribution < -0.4 is 0 Å². The summed E-state index contributed by atoms with van der Waals surface area (Å²) in [5.74, 6) is 0. The number of hydrogen-bond acceptors (Lipinski definition) is 1. The Kier molecular flexibility index (Phi) is 3.69. The van der Waals surface area contributed by atoms with Crippen LogP contribution in [-0.2, 0) is 12.6 Å². The molecule has 0 aliphatic heterocycles. The molecule has 4 heteroatoms. The fourth-order valence-electron chi connectivity index (χ4n) is 1.81. The van der Waals surface area contributed by atoms with Gasteiger partial charge in [0, 0.05) is 5.56 Å². The molecule has 0 aliphatic rings. The van der Waals surface area contributed by atoms with E-state index >= 15 is 0 Å². The van der Waals surface area contributed by atoms with Crippen LogP contribution in [0, 0.1) is 0 Å². The number of benzene rings is 2. The minimum absolute atomic E-state index is 0.406. The lowest BCUT2D eigenvalue weighted by atomic mass is 10.0. The zero-order valence-electron chi connectivity index (χ0n) is 9.95. The van der Waals surface area contributed by atoms with Crippen LogP contribution in [0.3, 0.4) is 0 Å². The highest BCUT2D eigenvalue weighted by molar-refractivity contribution is 5.74. The highest BCUT2D eigenvalue weighted by atomic mass is 19.4. The summed E-state index contributed by atoms with van der Waals surface area (Å²) in [6, 6.07) is 12.0. The van der Waals surface area contributed by atoms with Crippen molar-refractivity contribution in [1.29, 1.82) is 0 Å². The Morgan fingerprint density at radius 3 is 2.21 bits per heavy atom. The maximum Gasteiger partial charge on any atom is 0.416 e. The third-order valence-corrected chi connectivity index (χ3v) is 2.78. The van der Waals surface area contributed by atoms with E-state index in [-0.39, 0.29) is 0 Å². The number of carbonyl (C=O) groups is 1. The van der Waals surface area contributed by atoms with Crippen molar-refractivity contribution in [2.75, 3.05) is 0 Å². The van der Waals surface area contributed by atoms with Gasteiger partial charge in [-0.2, -0.15) is 13.2 Å². The van der Waals surface area contributed by atoms with Gasteiger partial charge in [0.25, 0.3) is 0 Å². The zero-order valence-corrected chi connectivity index (χ0v) is 9.95. The van der Waals surface area contributed by atoms with Crippen molar-refractivity contribution in [2.24, 2.45) is 0 Å². The van der Waals surface area contributed by atoms with Gasteiger partial charge in [-0.15, -0.1) is 0 Å². The van der Waals surface area contributed by atoms with Crippen LogP contribution in [0.5, 0.6) is 0 Å². The number of hydrogen-bond donors (Lipinski definition) is 0. The Labute approximate surface area is 108 Å². The Balaban J connectivity index is 2.20. The molecule has 2 aromatic rings.